The Morgan fingerprint density at radius 3 is 1.87 bits per heavy atom. The Hall–Kier alpha value is -0.440. The fourth-order valence-corrected chi connectivity index (χ4v) is 2.63. The van der Waals surface area contributed by atoms with Crippen molar-refractivity contribution in [3.63, 3.8) is 0 Å². The third-order valence-electron chi connectivity index (χ3n) is 4.07. The maximum Gasteiger partial charge on any atom is 0.224 e. The first kappa shape index (κ1) is 18.9. The lowest BCUT2D eigenvalue weighted by molar-refractivity contribution is -0.383. The molecule has 0 aromatic heterocycles. The lowest BCUT2D eigenvalue weighted by Crippen LogP contribution is -2.62. The van der Waals surface area contributed by atoms with Crippen LogP contribution in [0.5, 0.6) is 0 Å². The Morgan fingerprint density at radius 2 is 1.39 bits per heavy atom. The zero-order valence-electron chi connectivity index (χ0n) is 12.0. The fourth-order valence-electron chi connectivity index (χ4n) is 2.63. The average molecular weight is 342 g/mol. The van der Waals surface area contributed by atoms with Gasteiger partial charge in [-0.15, -0.1) is 0 Å². The van der Waals surface area contributed by atoms with Gasteiger partial charge in [0.05, 0.1) is 13.2 Å². The summed E-state index contributed by atoms with van der Waals surface area (Å²) in [5.41, 5.74) is 0. The van der Waals surface area contributed by atoms with Crippen molar-refractivity contribution in [3.8, 4) is 0 Å². The Bertz CT molecular complexity index is 393. The Kier molecular flexibility index (Phi) is 5.92. The van der Waals surface area contributed by atoms with Crippen LogP contribution >= 0.6 is 0 Å². The van der Waals surface area contributed by atoms with Gasteiger partial charge in [0, 0.05) is 0 Å². The molecule has 0 saturated carbocycles. The quantitative estimate of drug-likeness (QED) is 0.238. The molecule has 0 spiro atoms. The average Bonchev–Trinajstić information content (AvgIpc) is 2.80. The van der Waals surface area contributed by atoms with Crippen molar-refractivity contribution in [2.75, 3.05) is 19.8 Å². The summed E-state index contributed by atoms with van der Waals surface area (Å²) >= 11 is 0. The molecule has 2 saturated heterocycles. The minimum Gasteiger partial charge on any atom is -0.394 e. The maximum absolute atomic E-state index is 10.00. The van der Waals surface area contributed by atoms with E-state index in [0.717, 1.165) is 0 Å². The molecule has 1 unspecified atom stereocenters. The summed E-state index contributed by atoms with van der Waals surface area (Å²) < 4.78 is 15.4. The van der Waals surface area contributed by atoms with E-state index in [2.05, 4.69) is 0 Å². The highest BCUT2D eigenvalue weighted by Crippen LogP contribution is 2.35. The molecule has 0 aliphatic carbocycles. The third-order valence-corrected chi connectivity index (χ3v) is 4.07. The lowest BCUT2D eigenvalue weighted by Gasteiger charge is -2.43. The second-order valence-corrected chi connectivity index (χ2v) is 5.56. The van der Waals surface area contributed by atoms with Crippen molar-refractivity contribution in [2.45, 2.75) is 54.8 Å². The van der Waals surface area contributed by atoms with Crippen LogP contribution in [0.25, 0.3) is 0 Å². The number of aliphatic hydroxyl groups is 8. The Balaban J connectivity index is 2.18. The highest BCUT2D eigenvalue weighted by molar-refractivity contribution is 4.98. The van der Waals surface area contributed by atoms with Crippen LogP contribution in [0.15, 0.2) is 0 Å². The number of hydrogen-bond acceptors (Lipinski definition) is 11. The van der Waals surface area contributed by atoms with Gasteiger partial charge in [0.2, 0.25) is 5.79 Å². The molecule has 23 heavy (non-hydrogen) atoms. The summed E-state index contributed by atoms with van der Waals surface area (Å²) in [6.07, 6.45) is -12.7. The second-order valence-electron chi connectivity index (χ2n) is 5.56. The van der Waals surface area contributed by atoms with Crippen molar-refractivity contribution in [1.82, 2.24) is 0 Å². The van der Waals surface area contributed by atoms with Crippen molar-refractivity contribution >= 4 is 0 Å². The summed E-state index contributed by atoms with van der Waals surface area (Å²) in [6.45, 7) is -2.32. The highest BCUT2D eigenvalue weighted by atomic mass is 16.8. The molecule has 2 rings (SSSR count). The number of hydrogen-bond donors (Lipinski definition) is 8. The van der Waals surface area contributed by atoms with Crippen LogP contribution in [0.1, 0.15) is 0 Å². The van der Waals surface area contributed by atoms with E-state index in [0.29, 0.717) is 0 Å². The molecule has 2 heterocycles. The molecule has 0 aromatic carbocycles. The molecular weight excluding hydrogens is 320 g/mol. The van der Waals surface area contributed by atoms with Gasteiger partial charge in [0.1, 0.15) is 49.3 Å². The molecule has 2 aliphatic heterocycles. The maximum atomic E-state index is 10.00. The van der Waals surface area contributed by atoms with Gasteiger partial charge in [-0.25, -0.2) is 0 Å². The SMILES string of the molecule is OC[C@H]1O[C@@](CO)(O[C@H]2O[C@H](CO)[C@H](O)C(O)[C@H]2O)[C@@H](O)[C@H]1O. The molecule has 2 fully saturated rings. The minimum absolute atomic E-state index is 0.669. The van der Waals surface area contributed by atoms with Crippen LogP contribution in [-0.2, 0) is 14.2 Å². The summed E-state index contributed by atoms with van der Waals surface area (Å²) in [7, 11) is 0. The molecule has 0 amide bonds. The normalized spacial score (nSPS) is 51.1. The van der Waals surface area contributed by atoms with E-state index in [1.807, 2.05) is 0 Å². The summed E-state index contributed by atoms with van der Waals surface area (Å²) in [6, 6.07) is 0. The number of ether oxygens (including phenoxy) is 3. The van der Waals surface area contributed by atoms with E-state index in [4.69, 9.17) is 24.4 Å². The van der Waals surface area contributed by atoms with Gasteiger partial charge in [-0.3, -0.25) is 0 Å². The predicted octanol–water partition coefficient (Wildman–Crippen LogP) is -5.40. The molecule has 11 nitrogen and oxygen atoms in total. The van der Waals surface area contributed by atoms with E-state index in [1.165, 1.54) is 0 Å². The molecule has 2 aliphatic rings. The molecule has 0 bridgehead atoms. The summed E-state index contributed by atoms with van der Waals surface area (Å²) in [5.74, 6) is -2.22. The molecule has 136 valence electrons. The van der Waals surface area contributed by atoms with Crippen LogP contribution in [0.4, 0.5) is 0 Å². The van der Waals surface area contributed by atoms with Gasteiger partial charge in [-0.2, -0.15) is 0 Å². The first-order valence-corrected chi connectivity index (χ1v) is 7.05. The smallest absolute Gasteiger partial charge is 0.224 e. The van der Waals surface area contributed by atoms with Crippen molar-refractivity contribution in [1.29, 1.82) is 0 Å². The molecule has 9 atom stereocenters. The Labute approximate surface area is 130 Å². The van der Waals surface area contributed by atoms with E-state index in [-0.39, 0.29) is 0 Å². The zero-order chi connectivity index (χ0) is 17.4. The summed E-state index contributed by atoms with van der Waals surface area (Å²) in [4.78, 5) is 0. The first-order chi connectivity index (χ1) is 10.8. The number of rotatable bonds is 5. The van der Waals surface area contributed by atoms with E-state index in [1.54, 1.807) is 0 Å². The number of aliphatic hydroxyl groups excluding tert-OH is 8. The van der Waals surface area contributed by atoms with Crippen LogP contribution in [-0.4, -0.2) is 115 Å². The standard InChI is InChI=1S/C12H22O11/c13-1-4-6(16)8(18)9(19)11(21-4)23-12(3-15)10(20)7(17)5(2-14)22-12/h4-11,13-20H,1-3H2/t4-,5-,6+,7+,8?,9-,10+,11-,12+/m1/s1. The zero-order valence-corrected chi connectivity index (χ0v) is 12.0. The van der Waals surface area contributed by atoms with Crippen LogP contribution in [0, 0.1) is 0 Å². The predicted molar refractivity (Wildman–Crippen MR) is 68.6 cm³/mol. The van der Waals surface area contributed by atoms with Crippen LogP contribution in [0.3, 0.4) is 0 Å². The second kappa shape index (κ2) is 7.21. The molecule has 8 N–H and O–H groups in total. The van der Waals surface area contributed by atoms with Crippen molar-refractivity contribution < 1.29 is 55.1 Å². The monoisotopic (exact) mass is 342 g/mol. The topological polar surface area (TPSA) is 190 Å². The van der Waals surface area contributed by atoms with Crippen molar-refractivity contribution in [3.05, 3.63) is 0 Å². The van der Waals surface area contributed by atoms with Crippen LogP contribution < -0.4 is 0 Å². The van der Waals surface area contributed by atoms with E-state index < -0.39 is 74.6 Å². The first-order valence-electron chi connectivity index (χ1n) is 7.05. The minimum atomic E-state index is -2.22. The van der Waals surface area contributed by atoms with Gasteiger partial charge < -0.3 is 55.1 Å². The van der Waals surface area contributed by atoms with Gasteiger partial charge in [0.15, 0.2) is 6.29 Å². The third kappa shape index (κ3) is 3.23. The lowest BCUT2D eigenvalue weighted by atomic mass is 9.99. The molecule has 0 aromatic rings. The summed E-state index contributed by atoms with van der Waals surface area (Å²) in [5, 5.41) is 76.7. The van der Waals surface area contributed by atoms with Crippen LogP contribution in [0.2, 0.25) is 0 Å². The van der Waals surface area contributed by atoms with Crippen molar-refractivity contribution in [2.24, 2.45) is 0 Å². The Morgan fingerprint density at radius 1 is 0.783 bits per heavy atom. The molecule has 0 radical (unpaired) electrons. The van der Waals surface area contributed by atoms with E-state index >= 15 is 0 Å². The molecule has 11 heteroatoms. The van der Waals surface area contributed by atoms with Gasteiger partial charge in [0.25, 0.3) is 0 Å². The largest absolute Gasteiger partial charge is 0.394 e. The van der Waals surface area contributed by atoms with E-state index in [9.17, 15) is 30.6 Å². The van der Waals surface area contributed by atoms with Gasteiger partial charge in [-0.1, -0.05) is 0 Å². The van der Waals surface area contributed by atoms with Gasteiger partial charge in [-0.05, 0) is 0 Å². The molecular formula is C12H22O11. The van der Waals surface area contributed by atoms with Gasteiger partial charge >= 0.3 is 0 Å². The fraction of sp³-hybridized carbons (Fsp3) is 1.00. The highest BCUT2D eigenvalue weighted by Gasteiger charge is 2.58.